The molecule has 0 radical (unpaired) electrons. The largest absolute Gasteiger partial charge is 0.364 e. The molecule has 0 aliphatic carbocycles. The fourth-order valence-corrected chi connectivity index (χ4v) is 3.24. The second-order valence-electron chi connectivity index (χ2n) is 7.83. The molecule has 3 rings (SSSR count). The summed E-state index contributed by atoms with van der Waals surface area (Å²) in [6.45, 7) is 8.01. The zero-order chi connectivity index (χ0) is 21.7. The number of amides is 1. The Morgan fingerprint density at radius 3 is 2.87 bits per heavy atom. The minimum Gasteiger partial charge on any atom is -0.364 e. The van der Waals surface area contributed by atoms with E-state index in [1.165, 1.54) is 0 Å². The third-order valence-corrected chi connectivity index (χ3v) is 5.23. The second kappa shape index (κ2) is 9.67. The van der Waals surface area contributed by atoms with Gasteiger partial charge in [-0.25, -0.2) is 4.98 Å². The number of carbonyl (C=O) groups is 1. The van der Waals surface area contributed by atoms with Crippen molar-refractivity contribution in [2.45, 2.75) is 39.3 Å². The van der Waals surface area contributed by atoms with Gasteiger partial charge in [-0.05, 0) is 12.5 Å². The molecule has 0 bridgehead atoms. The van der Waals surface area contributed by atoms with Crippen LogP contribution < -0.4 is 15.8 Å². The number of likely N-dealkylation sites (N-methyl/N-ethyl adjacent to an activating group) is 1. The second-order valence-corrected chi connectivity index (χ2v) is 7.83. The molecular weight excluding hydrogens is 380 g/mol. The number of nitrogens with one attached hydrogen (secondary N) is 2. The van der Waals surface area contributed by atoms with Crippen LogP contribution in [-0.4, -0.2) is 64.5 Å². The van der Waals surface area contributed by atoms with Crippen LogP contribution in [0.5, 0.6) is 0 Å². The van der Waals surface area contributed by atoms with Crippen LogP contribution in [-0.2, 0) is 11.2 Å². The molecule has 0 saturated carbocycles. The minimum atomic E-state index is -0.162. The fraction of sp³-hybridized carbons (Fsp3) is 0.455. The Hall–Kier alpha value is -3.00. The monoisotopic (exact) mass is 410 g/mol. The van der Waals surface area contributed by atoms with Crippen molar-refractivity contribution in [2.75, 3.05) is 31.6 Å². The van der Waals surface area contributed by atoms with Crippen LogP contribution in [0.1, 0.15) is 26.5 Å². The number of pyridine rings is 1. The van der Waals surface area contributed by atoms with E-state index in [0.717, 1.165) is 23.4 Å². The van der Waals surface area contributed by atoms with Gasteiger partial charge >= 0.3 is 0 Å². The number of rotatable bonds is 8. The van der Waals surface area contributed by atoms with Crippen LogP contribution >= 0.6 is 0 Å². The van der Waals surface area contributed by atoms with Gasteiger partial charge < -0.3 is 20.1 Å². The summed E-state index contributed by atoms with van der Waals surface area (Å²) in [6, 6.07) is 2.32. The van der Waals surface area contributed by atoms with Crippen LogP contribution in [0, 0.1) is 0 Å². The van der Waals surface area contributed by atoms with Crippen LogP contribution in [0.4, 0.5) is 5.69 Å². The van der Waals surface area contributed by atoms with Crippen molar-refractivity contribution in [3.05, 3.63) is 52.9 Å². The molecule has 1 fully saturated rings. The smallest absolute Gasteiger partial charge is 0.271 e. The molecule has 160 valence electrons. The molecule has 8 heteroatoms. The SMILES string of the molecule is CCc1cncc(-c2c[nH]c(=O)c(N(C)C3CN(C(=O)/C=C/CNC(C)C)C3)c2)n1. The molecule has 2 aromatic heterocycles. The number of likely N-dealkylation sites (tertiary alicyclic amines) is 1. The van der Waals surface area contributed by atoms with Crippen molar-refractivity contribution in [1.29, 1.82) is 0 Å². The Bertz CT molecular complexity index is 962. The van der Waals surface area contributed by atoms with E-state index >= 15 is 0 Å². The summed E-state index contributed by atoms with van der Waals surface area (Å²) in [5.41, 5.74) is 2.84. The van der Waals surface area contributed by atoms with Crippen molar-refractivity contribution < 1.29 is 4.79 Å². The van der Waals surface area contributed by atoms with E-state index in [9.17, 15) is 9.59 Å². The summed E-state index contributed by atoms with van der Waals surface area (Å²) in [5.74, 6) is -0.000443. The summed E-state index contributed by atoms with van der Waals surface area (Å²) in [4.78, 5) is 40.0. The molecule has 30 heavy (non-hydrogen) atoms. The molecule has 1 aliphatic rings. The van der Waals surface area contributed by atoms with Gasteiger partial charge in [-0.1, -0.05) is 26.8 Å². The van der Waals surface area contributed by atoms with Crippen molar-refractivity contribution >= 4 is 11.6 Å². The summed E-state index contributed by atoms with van der Waals surface area (Å²) >= 11 is 0. The van der Waals surface area contributed by atoms with E-state index in [0.29, 0.717) is 31.4 Å². The summed E-state index contributed by atoms with van der Waals surface area (Å²) < 4.78 is 0. The Morgan fingerprint density at radius 1 is 1.40 bits per heavy atom. The minimum absolute atomic E-state index is 0.000443. The molecule has 1 aliphatic heterocycles. The normalized spacial score (nSPS) is 14.4. The van der Waals surface area contributed by atoms with E-state index in [1.54, 1.807) is 29.6 Å². The first-order valence-corrected chi connectivity index (χ1v) is 10.3. The van der Waals surface area contributed by atoms with Crippen molar-refractivity contribution in [3.8, 4) is 11.3 Å². The summed E-state index contributed by atoms with van der Waals surface area (Å²) in [6.07, 6.45) is 9.36. The lowest BCUT2D eigenvalue weighted by Crippen LogP contribution is -2.60. The molecule has 1 saturated heterocycles. The van der Waals surface area contributed by atoms with Gasteiger partial charge in [-0.15, -0.1) is 0 Å². The van der Waals surface area contributed by atoms with Gasteiger partial charge in [0, 0.05) is 56.8 Å². The van der Waals surface area contributed by atoms with Crippen molar-refractivity contribution in [1.82, 2.24) is 25.2 Å². The summed E-state index contributed by atoms with van der Waals surface area (Å²) in [5, 5.41) is 3.24. The molecular formula is C22H30N6O2. The zero-order valence-electron chi connectivity index (χ0n) is 18.1. The molecule has 2 aromatic rings. The molecule has 3 heterocycles. The highest BCUT2D eigenvalue weighted by Crippen LogP contribution is 2.23. The third-order valence-electron chi connectivity index (χ3n) is 5.23. The lowest BCUT2D eigenvalue weighted by molar-refractivity contribution is -0.130. The predicted octanol–water partition coefficient (Wildman–Crippen LogP) is 1.60. The highest BCUT2D eigenvalue weighted by molar-refractivity contribution is 5.88. The Morgan fingerprint density at radius 2 is 2.17 bits per heavy atom. The van der Waals surface area contributed by atoms with Gasteiger partial charge in [-0.2, -0.15) is 0 Å². The van der Waals surface area contributed by atoms with Gasteiger partial charge in [0.15, 0.2) is 0 Å². The van der Waals surface area contributed by atoms with Gasteiger partial charge in [0.1, 0.15) is 5.69 Å². The van der Waals surface area contributed by atoms with Crippen molar-refractivity contribution in [2.24, 2.45) is 0 Å². The molecule has 8 nitrogen and oxygen atoms in total. The van der Waals surface area contributed by atoms with Crippen LogP contribution in [0.2, 0.25) is 0 Å². The number of H-pyrrole nitrogens is 1. The maximum absolute atomic E-state index is 12.4. The van der Waals surface area contributed by atoms with Gasteiger partial charge in [0.25, 0.3) is 5.56 Å². The van der Waals surface area contributed by atoms with Gasteiger partial charge in [0.05, 0.1) is 23.6 Å². The molecule has 0 atom stereocenters. The molecule has 0 spiro atoms. The highest BCUT2D eigenvalue weighted by atomic mass is 16.2. The lowest BCUT2D eigenvalue weighted by Gasteiger charge is -2.44. The maximum Gasteiger partial charge on any atom is 0.271 e. The third kappa shape index (κ3) is 5.13. The van der Waals surface area contributed by atoms with E-state index < -0.39 is 0 Å². The number of nitrogens with zero attached hydrogens (tertiary/aromatic N) is 4. The first-order chi connectivity index (χ1) is 14.4. The van der Waals surface area contributed by atoms with Crippen molar-refractivity contribution in [3.63, 3.8) is 0 Å². The lowest BCUT2D eigenvalue weighted by atomic mass is 10.1. The number of carbonyl (C=O) groups excluding carboxylic acids is 1. The zero-order valence-corrected chi connectivity index (χ0v) is 18.1. The predicted molar refractivity (Wildman–Crippen MR) is 119 cm³/mol. The van der Waals surface area contributed by atoms with E-state index in [1.807, 2.05) is 31.0 Å². The number of aromatic amines is 1. The van der Waals surface area contributed by atoms with Crippen LogP contribution in [0.3, 0.4) is 0 Å². The van der Waals surface area contributed by atoms with E-state index in [2.05, 4.69) is 34.1 Å². The topological polar surface area (TPSA) is 94.2 Å². The van der Waals surface area contributed by atoms with Crippen LogP contribution in [0.15, 0.2) is 41.6 Å². The average Bonchev–Trinajstić information content (AvgIpc) is 2.70. The first-order valence-electron chi connectivity index (χ1n) is 10.3. The van der Waals surface area contributed by atoms with E-state index in [-0.39, 0.29) is 17.5 Å². The highest BCUT2D eigenvalue weighted by Gasteiger charge is 2.33. The number of hydrogen-bond acceptors (Lipinski definition) is 6. The van der Waals surface area contributed by atoms with Gasteiger partial charge in [-0.3, -0.25) is 14.6 Å². The number of aromatic nitrogens is 3. The van der Waals surface area contributed by atoms with E-state index in [4.69, 9.17) is 0 Å². The maximum atomic E-state index is 12.4. The Balaban J connectivity index is 1.64. The molecule has 0 unspecified atom stereocenters. The standard InChI is InChI=1S/C22H30N6O2/c1-5-17-11-23-12-19(26-17)16-9-20(22(30)25-10-16)27(4)18-13-28(14-18)21(29)7-6-8-24-15(2)3/h6-7,9-12,15,18,24H,5,8,13-14H2,1-4H3,(H,25,30)/b7-6+. The average molecular weight is 411 g/mol. The number of anilines is 1. The molecule has 1 amide bonds. The number of aryl methyl sites for hydroxylation is 1. The first kappa shape index (κ1) is 21.7. The fourth-order valence-electron chi connectivity index (χ4n) is 3.24. The summed E-state index contributed by atoms with van der Waals surface area (Å²) in [7, 11) is 1.89. The Labute approximate surface area is 177 Å². The molecule has 0 aromatic carbocycles. The Kier molecular flexibility index (Phi) is 6.99. The van der Waals surface area contributed by atoms with Crippen LogP contribution in [0.25, 0.3) is 11.3 Å². The van der Waals surface area contributed by atoms with Gasteiger partial charge in [0.2, 0.25) is 5.91 Å². The quantitative estimate of drug-likeness (QED) is 0.642. The number of hydrogen-bond donors (Lipinski definition) is 2. The molecule has 2 N–H and O–H groups in total.